The van der Waals surface area contributed by atoms with E-state index in [1.54, 1.807) is 12.1 Å². The van der Waals surface area contributed by atoms with Crippen molar-refractivity contribution in [2.45, 2.75) is 25.4 Å². The number of hydrogen-bond acceptors (Lipinski definition) is 5. The molecule has 1 amide bonds. The van der Waals surface area contributed by atoms with E-state index in [0.717, 1.165) is 51.3 Å². The van der Waals surface area contributed by atoms with Crippen molar-refractivity contribution in [2.75, 3.05) is 32.8 Å². The number of nitriles is 1. The van der Waals surface area contributed by atoms with Gasteiger partial charge in [-0.15, -0.1) is 0 Å². The van der Waals surface area contributed by atoms with Gasteiger partial charge in [0.15, 0.2) is 0 Å². The van der Waals surface area contributed by atoms with Gasteiger partial charge in [-0.2, -0.15) is 5.26 Å². The minimum atomic E-state index is -0.0703. The predicted molar refractivity (Wildman–Crippen MR) is 90.6 cm³/mol. The molecule has 3 aliphatic heterocycles. The number of benzene rings is 1. The third-order valence-corrected chi connectivity index (χ3v) is 5.77. The van der Waals surface area contributed by atoms with E-state index in [4.69, 9.17) is 10.00 Å². The van der Waals surface area contributed by atoms with Crippen molar-refractivity contribution < 1.29 is 14.6 Å². The van der Waals surface area contributed by atoms with Crippen molar-refractivity contribution in [1.82, 2.24) is 9.80 Å². The average molecular weight is 341 g/mol. The highest BCUT2D eigenvalue weighted by Crippen LogP contribution is 2.31. The number of rotatable bonds is 3. The van der Waals surface area contributed by atoms with Gasteiger partial charge in [-0.05, 0) is 37.1 Å². The van der Waals surface area contributed by atoms with E-state index < -0.39 is 0 Å². The summed E-state index contributed by atoms with van der Waals surface area (Å²) in [7, 11) is 0. The number of nitrogens with zero attached hydrogens (tertiary/aromatic N) is 3. The van der Waals surface area contributed by atoms with Crippen LogP contribution in [0.5, 0.6) is 5.75 Å². The van der Waals surface area contributed by atoms with Crippen molar-refractivity contribution in [3.05, 3.63) is 29.3 Å². The molecule has 0 spiro atoms. The lowest BCUT2D eigenvalue weighted by Gasteiger charge is -2.28. The number of phenolic OH excluding ortho intramolecular Hbond substituents is 1. The molecule has 3 fully saturated rings. The van der Waals surface area contributed by atoms with Crippen molar-refractivity contribution >= 4 is 5.91 Å². The Labute approximate surface area is 147 Å². The maximum atomic E-state index is 13.0. The summed E-state index contributed by atoms with van der Waals surface area (Å²) in [4.78, 5) is 17.2. The second kappa shape index (κ2) is 6.66. The lowest BCUT2D eigenvalue weighted by Crippen LogP contribution is -2.45. The Hall–Kier alpha value is -2.10. The average Bonchev–Trinajstić information content (AvgIpc) is 3.31. The summed E-state index contributed by atoms with van der Waals surface area (Å²) in [6, 6.07) is 7.04. The second-order valence-electron chi connectivity index (χ2n) is 7.39. The molecule has 3 saturated heterocycles. The first kappa shape index (κ1) is 16.4. The molecule has 6 nitrogen and oxygen atoms in total. The Bertz CT molecular complexity index is 702. The van der Waals surface area contributed by atoms with E-state index in [1.807, 2.05) is 17.0 Å². The number of ether oxygens (including phenoxy) is 1. The largest absolute Gasteiger partial charge is 0.507 e. The summed E-state index contributed by atoms with van der Waals surface area (Å²) in [6.07, 6.45) is 1.91. The lowest BCUT2D eigenvalue weighted by molar-refractivity contribution is -0.135. The summed E-state index contributed by atoms with van der Waals surface area (Å²) in [5.41, 5.74) is 1.24. The maximum absolute atomic E-state index is 13.0. The fourth-order valence-electron chi connectivity index (χ4n) is 4.38. The van der Waals surface area contributed by atoms with Crippen molar-refractivity contribution in [3.8, 4) is 11.8 Å². The van der Waals surface area contributed by atoms with Crippen LogP contribution in [0.4, 0.5) is 0 Å². The van der Waals surface area contributed by atoms with Gasteiger partial charge in [0, 0.05) is 31.5 Å². The zero-order valence-electron chi connectivity index (χ0n) is 14.2. The summed E-state index contributed by atoms with van der Waals surface area (Å²) in [6.45, 7) is 4.75. The van der Waals surface area contributed by atoms with Gasteiger partial charge in [0.25, 0.3) is 0 Å². The first-order chi connectivity index (χ1) is 12.2. The Balaban J connectivity index is 1.44. The zero-order chi connectivity index (χ0) is 17.4. The van der Waals surface area contributed by atoms with Gasteiger partial charge in [0.05, 0.1) is 24.8 Å². The smallest absolute Gasteiger partial charge is 0.239 e. The van der Waals surface area contributed by atoms with E-state index in [2.05, 4.69) is 4.90 Å². The quantitative estimate of drug-likeness (QED) is 0.898. The molecule has 1 aromatic carbocycles. The molecule has 4 rings (SSSR count). The van der Waals surface area contributed by atoms with Gasteiger partial charge >= 0.3 is 0 Å². The van der Waals surface area contributed by atoms with E-state index in [1.165, 1.54) is 0 Å². The van der Waals surface area contributed by atoms with Crippen molar-refractivity contribution in [1.29, 1.82) is 5.26 Å². The Morgan fingerprint density at radius 1 is 1.32 bits per heavy atom. The summed E-state index contributed by atoms with van der Waals surface area (Å²) >= 11 is 0. The van der Waals surface area contributed by atoms with Crippen LogP contribution in [-0.4, -0.2) is 59.7 Å². The van der Waals surface area contributed by atoms with Crippen LogP contribution in [-0.2, 0) is 16.1 Å². The lowest BCUT2D eigenvalue weighted by atomic mass is 10.0. The number of carbonyl (C=O) groups is 1. The van der Waals surface area contributed by atoms with Crippen LogP contribution in [0.2, 0.25) is 0 Å². The highest BCUT2D eigenvalue weighted by Gasteiger charge is 2.42. The first-order valence-corrected chi connectivity index (χ1v) is 8.98. The molecule has 3 heterocycles. The van der Waals surface area contributed by atoms with Crippen LogP contribution >= 0.6 is 0 Å². The number of phenols is 1. The van der Waals surface area contributed by atoms with E-state index in [-0.39, 0.29) is 23.3 Å². The number of likely N-dealkylation sites (tertiary alicyclic amines) is 2. The first-order valence-electron chi connectivity index (χ1n) is 8.98. The van der Waals surface area contributed by atoms with Crippen LogP contribution in [0.1, 0.15) is 24.0 Å². The molecule has 0 radical (unpaired) electrons. The predicted octanol–water partition coefficient (Wildman–Crippen LogP) is 1.33. The number of aromatic hydroxyl groups is 1. The molecule has 25 heavy (non-hydrogen) atoms. The molecular formula is C19H23N3O3. The maximum Gasteiger partial charge on any atom is 0.239 e. The molecule has 0 aliphatic carbocycles. The molecule has 1 N–H and O–H groups in total. The minimum Gasteiger partial charge on any atom is -0.507 e. The molecule has 0 bridgehead atoms. The van der Waals surface area contributed by atoms with Crippen LogP contribution in [0.3, 0.4) is 0 Å². The molecule has 0 saturated carbocycles. The van der Waals surface area contributed by atoms with Crippen LogP contribution < -0.4 is 0 Å². The van der Waals surface area contributed by atoms with E-state index in [0.29, 0.717) is 18.4 Å². The standard InChI is InChI=1S/C19H23N3O3/c20-7-14-6-13(3-4-18(14)23)8-21-5-1-2-17(21)19(24)22-9-15-11-25-12-16(15)10-22/h3-4,6,15-17,23H,1-2,5,8-12H2/t15?,16?,17-/m1/s1. The fraction of sp³-hybridized carbons (Fsp3) is 0.579. The van der Waals surface area contributed by atoms with Crippen LogP contribution in [0.25, 0.3) is 0 Å². The van der Waals surface area contributed by atoms with Gasteiger partial charge in [-0.3, -0.25) is 9.69 Å². The molecule has 2 unspecified atom stereocenters. The fourth-order valence-corrected chi connectivity index (χ4v) is 4.38. The molecule has 6 heteroatoms. The van der Waals surface area contributed by atoms with Gasteiger partial charge < -0.3 is 14.7 Å². The van der Waals surface area contributed by atoms with Gasteiger partial charge in [-0.1, -0.05) is 6.07 Å². The zero-order valence-corrected chi connectivity index (χ0v) is 14.2. The third-order valence-electron chi connectivity index (χ3n) is 5.77. The highest BCUT2D eigenvalue weighted by molar-refractivity contribution is 5.82. The second-order valence-corrected chi connectivity index (χ2v) is 7.39. The molecule has 3 aliphatic rings. The SMILES string of the molecule is N#Cc1cc(CN2CCC[C@@H]2C(=O)N2CC3COCC3C2)ccc1O. The number of hydrogen-bond donors (Lipinski definition) is 1. The van der Waals surface area contributed by atoms with Crippen LogP contribution in [0, 0.1) is 23.2 Å². The Morgan fingerprint density at radius 2 is 2.08 bits per heavy atom. The molecule has 3 atom stereocenters. The van der Waals surface area contributed by atoms with Crippen molar-refractivity contribution in [3.63, 3.8) is 0 Å². The van der Waals surface area contributed by atoms with Gasteiger partial charge in [-0.25, -0.2) is 0 Å². The molecular weight excluding hydrogens is 318 g/mol. The summed E-state index contributed by atoms with van der Waals surface area (Å²) in [5, 5.41) is 18.7. The van der Waals surface area contributed by atoms with Crippen molar-refractivity contribution in [2.24, 2.45) is 11.8 Å². The van der Waals surface area contributed by atoms with E-state index >= 15 is 0 Å². The summed E-state index contributed by atoms with van der Waals surface area (Å²) in [5.74, 6) is 1.26. The van der Waals surface area contributed by atoms with Gasteiger partial charge in [0.2, 0.25) is 5.91 Å². The topological polar surface area (TPSA) is 76.8 Å². The monoisotopic (exact) mass is 341 g/mol. The molecule has 0 aromatic heterocycles. The minimum absolute atomic E-state index is 0.00567. The highest BCUT2D eigenvalue weighted by atomic mass is 16.5. The number of fused-ring (bicyclic) bond motifs is 1. The normalized spacial score (nSPS) is 28.9. The number of carbonyl (C=O) groups excluding carboxylic acids is 1. The van der Waals surface area contributed by atoms with Crippen LogP contribution in [0.15, 0.2) is 18.2 Å². The molecule has 132 valence electrons. The number of amides is 1. The third kappa shape index (κ3) is 3.10. The Kier molecular flexibility index (Phi) is 4.36. The Morgan fingerprint density at radius 3 is 2.80 bits per heavy atom. The molecule has 1 aromatic rings. The van der Waals surface area contributed by atoms with E-state index in [9.17, 15) is 9.90 Å². The van der Waals surface area contributed by atoms with Gasteiger partial charge in [0.1, 0.15) is 11.8 Å². The summed E-state index contributed by atoms with van der Waals surface area (Å²) < 4.78 is 5.50.